The maximum absolute atomic E-state index is 14.0. The van der Waals surface area contributed by atoms with E-state index in [9.17, 15) is 34.5 Å². The number of β-amino-alcohol motifs (C(OH)–C–C–N with tert-alkyl or cyclic N) is 1. The summed E-state index contributed by atoms with van der Waals surface area (Å²) >= 11 is 3.01. The van der Waals surface area contributed by atoms with E-state index in [0.29, 0.717) is 62.5 Å². The van der Waals surface area contributed by atoms with Crippen LogP contribution in [0.5, 0.6) is 28.7 Å². The normalized spacial score (nSPS) is 15.1. The smallest absolute Gasteiger partial charge is 0.271 e. The third-order valence-corrected chi connectivity index (χ3v) is 15.4. The van der Waals surface area contributed by atoms with Crippen LogP contribution in [-0.4, -0.2) is 139 Å². The summed E-state index contributed by atoms with van der Waals surface area (Å²) in [7, 11) is 0. The van der Waals surface area contributed by atoms with Crippen molar-refractivity contribution in [1.29, 1.82) is 0 Å². The van der Waals surface area contributed by atoms with Gasteiger partial charge in [0.25, 0.3) is 5.91 Å². The summed E-state index contributed by atoms with van der Waals surface area (Å²) in [5, 5.41) is 41.3. The fourth-order valence-corrected chi connectivity index (χ4v) is 10.9. The van der Waals surface area contributed by atoms with Gasteiger partial charge in [0.05, 0.1) is 85.6 Å². The Morgan fingerprint density at radius 2 is 1.41 bits per heavy atom. The van der Waals surface area contributed by atoms with E-state index in [1.54, 1.807) is 102 Å². The fourth-order valence-electron chi connectivity index (χ4n) is 8.93. The van der Waals surface area contributed by atoms with E-state index in [1.807, 2.05) is 64.4 Å². The summed E-state index contributed by atoms with van der Waals surface area (Å²) < 4.78 is 35.3. The average molecular weight is 1160 g/mol. The Kier molecular flexibility index (Phi) is 21.2. The van der Waals surface area contributed by atoms with Crippen molar-refractivity contribution in [3.63, 3.8) is 0 Å². The number of likely N-dealkylation sites (tertiary alicyclic amines) is 1. The Morgan fingerprint density at radius 3 is 2.09 bits per heavy atom. The van der Waals surface area contributed by atoms with E-state index in [1.165, 1.54) is 22.5 Å². The molecule has 82 heavy (non-hydrogen) atoms. The molecule has 7 aromatic rings. The number of hydrogen-bond acceptors (Lipinski definition) is 17. The highest BCUT2D eigenvalue weighted by atomic mass is 32.1. The van der Waals surface area contributed by atoms with Gasteiger partial charge in [0.15, 0.2) is 5.75 Å². The molecule has 4 amide bonds. The first-order valence-electron chi connectivity index (χ1n) is 26.8. The number of phenolic OH excluding ortho intramolecular Hbond substituents is 2. The van der Waals surface area contributed by atoms with Crippen molar-refractivity contribution >= 4 is 62.6 Å². The van der Waals surface area contributed by atoms with Crippen LogP contribution in [0.1, 0.15) is 67.3 Å². The summed E-state index contributed by atoms with van der Waals surface area (Å²) in [5.74, 6) is 0.126. The minimum absolute atomic E-state index is 0.0340. The Morgan fingerprint density at radius 1 is 0.768 bits per heavy atom. The number of nitrogens with zero attached hydrogens (tertiary/aromatic N) is 3. The van der Waals surface area contributed by atoms with Gasteiger partial charge < -0.3 is 59.3 Å². The van der Waals surface area contributed by atoms with Gasteiger partial charge >= 0.3 is 0 Å². The number of aromatic nitrogens is 1. The maximum atomic E-state index is 14.0. The van der Waals surface area contributed by atoms with Gasteiger partial charge in [-0.3, -0.25) is 19.2 Å². The number of amides is 4. The SMILES string of the molecule is Cc1ncsc1-c1ccc([C@H](C)NC(=O)[C@@H]2C[C@@H](O)CN2C(=O)[C@@H](NC(=O)COCCOCCOCCOCCOc2ccc(/C=N/NC(=O)c3cccc(Oc4c(-c5ccc(O)cc5)sc5cc(O)ccc45)c3)cc2)C(C)(C)C)cc1. The van der Waals surface area contributed by atoms with Gasteiger partial charge in [0.1, 0.15) is 48.3 Å². The minimum atomic E-state index is -0.987. The van der Waals surface area contributed by atoms with E-state index < -0.39 is 41.3 Å². The number of benzene rings is 5. The molecule has 0 aliphatic carbocycles. The number of phenols is 2. The number of carbonyl (C=O) groups excluding carboxylic acids is 4. The molecule has 21 heteroatoms. The summed E-state index contributed by atoms with van der Waals surface area (Å²) in [6.07, 6.45) is 0.709. The monoisotopic (exact) mass is 1160 g/mol. The van der Waals surface area contributed by atoms with Gasteiger partial charge in [-0.1, -0.05) is 51.1 Å². The zero-order valence-corrected chi connectivity index (χ0v) is 47.9. The number of fused-ring (bicyclic) bond motifs is 1. The van der Waals surface area contributed by atoms with Crippen LogP contribution in [0, 0.1) is 12.3 Å². The van der Waals surface area contributed by atoms with Crippen molar-refractivity contribution in [3.05, 3.63) is 143 Å². The molecule has 4 atom stereocenters. The number of rotatable bonds is 27. The molecular weight excluding hydrogens is 1090 g/mol. The van der Waals surface area contributed by atoms with E-state index >= 15 is 0 Å². The highest BCUT2D eigenvalue weighted by Crippen LogP contribution is 2.47. The molecule has 8 rings (SSSR count). The predicted octanol–water partition coefficient (Wildman–Crippen LogP) is 8.78. The van der Waals surface area contributed by atoms with Crippen molar-refractivity contribution in [3.8, 4) is 49.6 Å². The van der Waals surface area contributed by atoms with Crippen LogP contribution >= 0.6 is 22.7 Å². The lowest BCUT2D eigenvalue weighted by molar-refractivity contribution is -0.144. The molecule has 1 aliphatic rings. The number of aliphatic hydroxyl groups excluding tert-OH is 1. The molecule has 1 aliphatic heterocycles. The van der Waals surface area contributed by atoms with Crippen LogP contribution in [0.15, 0.2) is 126 Å². The number of aryl methyl sites for hydroxylation is 1. The Labute approximate surface area is 483 Å². The lowest BCUT2D eigenvalue weighted by Gasteiger charge is -2.35. The molecule has 5 aromatic carbocycles. The lowest BCUT2D eigenvalue weighted by atomic mass is 9.85. The highest BCUT2D eigenvalue weighted by molar-refractivity contribution is 7.22. The number of nitrogens with one attached hydrogen (secondary N) is 3. The number of hydrogen-bond donors (Lipinski definition) is 6. The minimum Gasteiger partial charge on any atom is -0.508 e. The van der Waals surface area contributed by atoms with Crippen LogP contribution in [0.3, 0.4) is 0 Å². The number of aromatic hydroxyl groups is 2. The Bertz CT molecular complexity index is 3290. The van der Waals surface area contributed by atoms with Crippen LogP contribution in [0.25, 0.3) is 31.0 Å². The largest absolute Gasteiger partial charge is 0.508 e. The first-order valence-corrected chi connectivity index (χ1v) is 28.5. The number of hydrazone groups is 1. The van der Waals surface area contributed by atoms with Crippen LogP contribution in [0.4, 0.5) is 0 Å². The number of aliphatic hydroxyl groups is 1. The van der Waals surface area contributed by atoms with E-state index in [4.69, 9.17) is 28.4 Å². The Hall–Kier alpha value is -7.76. The molecule has 6 N–H and O–H groups in total. The van der Waals surface area contributed by atoms with Crippen molar-refractivity contribution in [1.82, 2.24) is 25.9 Å². The third-order valence-electron chi connectivity index (χ3n) is 13.2. The lowest BCUT2D eigenvalue weighted by Crippen LogP contribution is -2.58. The second-order valence-corrected chi connectivity index (χ2v) is 22.4. The number of thiophene rings is 1. The van der Waals surface area contributed by atoms with Crippen molar-refractivity contribution in [2.45, 2.75) is 65.3 Å². The van der Waals surface area contributed by atoms with E-state index in [-0.39, 0.29) is 56.2 Å². The summed E-state index contributed by atoms with van der Waals surface area (Å²) in [4.78, 5) is 61.4. The van der Waals surface area contributed by atoms with Crippen LogP contribution in [0.2, 0.25) is 0 Å². The van der Waals surface area contributed by atoms with Gasteiger partial charge in [0.2, 0.25) is 17.7 Å². The quantitative estimate of drug-likeness (QED) is 0.0160. The second kappa shape index (κ2) is 28.8. The van der Waals surface area contributed by atoms with Crippen LogP contribution < -0.4 is 25.5 Å². The molecule has 0 saturated carbocycles. The first kappa shape index (κ1) is 60.3. The molecule has 3 heterocycles. The number of ether oxygens (including phenoxy) is 6. The molecule has 432 valence electrons. The molecule has 0 unspecified atom stereocenters. The zero-order valence-electron chi connectivity index (χ0n) is 46.3. The standard InChI is InChI=1S/C61H68N6O13S2/c1-38(41-11-13-42(14-12-41)55-39(2)62-37-81-55)64-59(73)51-32-47(70)35-67(51)60(74)57(61(3,4)5)65-53(71)36-78-28-27-76-24-23-75-25-26-77-29-30-79-48-20-9-40(10-21-48)34-63-66-58(72)44-7-6-8-49(31-44)80-54-50-22-19-46(69)33-52(50)82-56(54)43-15-17-45(68)18-16-43/h6-22,31,33-34,37-38,47,51,57,68-70H,23-30,32,35-36H2,1-5H3,(H,64,73)(H,65,71)(H,66,72)/b63-34+/t38-,47+,51-,57+/m0/s1. The molecule has 0 radical (unpaired) electrons. The molecule has 0 bridgehead atoms. The van der Waals surface area contributed by atoms with Gasteiger partial charge in [-0.25, -0.2) is 10.4 Å². The van der Waals surface area contributed by atoms with E-state index in [2.05, 4.69) is 26.1 Å². The van der Waals surface area contributed by atoms with E-state index in [0.717, 1.165) is 47.8 Å². The predicted molar refractivity (Wildman–Crippen MR) is 314 cm³/mol. The average Bonchev–Trinajstić information content (AvgIpc) is 4.07. The molecular formula is C61H68N6O13S2. The van der Waals surface area contributed by atoms with Gasteiger partial charge in [0, 0.05) is 28.6 Å². The topological polar surface area (TPSA) is 249 Å². The summed E-state index contributed by atoms with van der Waals surface area (Å²) in [6, 6.07) is 31.4. The number of carbonyl (C=O) groups is 4. The van der Waals surface area contributed by atoms with Crippen molar-refractivity contribution < 1.29 is 62.9 Å². The summed E-state index contributed by atoms with van der Waals surface area (Å²) in [5.41, 5.74) is 8.43. The third kappa shape index (κ3) is 16.7. The molecule has 1 fully saturated rings. The van der Waals surface area contributed by atoms with Crippen LogP contribution in [-0.2, 0) is 33.3 Å². The zero-order chi connectivity index (χ0) is 58.2. The second-order valence-electron chi connectivity index (χ2n) is 20.5. The van der Waals surface area contributed by atoms with Gasteiger partial charge in [-0.15, -0.1) is 22.7 Å². The Balaban J connectivity index is 0.659. The summed E-state index contributed by atoms with van der Waals surface area (Å²) in [6.45, 7) is 11.3. The fraction of sp³-hybridized carbons (Fsp3) is 0.344. The van der Waals surface area contributed by atoms with Crippen molar-refractivity contribution in [2.75, 3.05) is 66.0 Å². The first-order chi connectivity index (χ1) is 39.5. The number of thiazole rings is 1. The van der Waals surface area contributed by atoms with Crippen molar-refractivity contribution in [2.24, 2.45) is 10.5 Å². The van der Waals surface area contributed by atoms with Gasteiger partial charge in [-0.05, 0) is 126 Å². The molecule has 1 saturated heterocycles. The molecule has 19 nitrogen and oxygen atoms in total. The molecule has 2 aromatic heterocycles. The maximum Gasteiger partial charge on any atom is 0.271 e. The molecule has 0 spiro atoms. The van der Waals surface area contributed by atoms with Gasteiger partial charge in [-0.2, -0.15) is 5.10 Å². The highest BCUT2D eigenvalue weighted by Gasteiger charge is 2.44.